The third-order valence-corrected chi connectivity index (χ3v) is 11.8. The second kappa shape index (κ2) is 10.2. The molecule has 0 saturated heterocycles. The van der Waals surface area contributed by atoms with E-state index in [1.165, 1.54) is 11.1 Å². The van der Waals surface area contributed by atoms with Gasteiger partial charge in [-0.3, -0.25) is 9.59 Å². The summed E-state index contributed by atoms with van der Waals surface area (Å²) in [5.41, 5.74) is 3.17. The first-order valence-corrected chi connectivity index (χ1v) is 16.0. The second-order valence-electron chi connectivity index (χ2n) is 13.1. The molecule has 4 aliphatic carbocycles. The van der Waals surface area contributed by atoms with E-state index in [-0.39, 0.29) is 46.4 Å². The Bertz CT molecular complexity index is 1540. The number of thioether (sulfide) groups is 1. The zero-order valence-corrected chi connectivity index (χ0v) is 25.8. The van der Waals surface area contributed by atoms with E-state index in [9.17, 15) is 20.0 Å². The van der Waals surface area contributed by atoms with Gasteiger partial charge in [0.1, 0.15) is 0 Å². The fraction of sp³-hybridized carbons (Fsp3) is 0.529. The minimum absolute atomic E-state index is 0.00341. The van der Waals surface area contributed by atoms with Crippen molar-refractivity contribution < 1.29 is 19.4 Å². The highest BCUT2D eigenvalue weighted by molar-refractivity contribution is 8.14. The van der Waals surface area contributed by atoms with Crippen molar-refractivity contribution >= 4 is 28.9 Å². The van der Waals surface area contributed by atoms with Crippen LogP contribution in [0.5, 0.6) is 0 Å². The first-order chi connectivity index (χ1) is 20.0. The van der Waals surface area contributed by atoms with Crippen molar-refractivity contribution in [1.82, 2.24) is 9.78 Å². The monoisotopic (exact) mass is 585 g/mol. The lowest BCUT2D eigenvalue weighted by Crippen LogP contribution is -2.63. The lowest BCUT2D eigenvalue weighted by molar-refractivity contribution is -0.196. The smallest absolute Gasteiger partial charge is 0.306 e. The number of carbonyl (C=O) groups is 2. The molecule has 1 aromatic heterocycles. The molecule has 220 valence electrons. The molecule has 0 radical (unpaired) electrons. The van der Waals surface area contributed by atoms with E-state index in [1.807, 2.05) is 42.9 Å². The fourth-order valence-corrected chi connectivity index (χ4v) is 10.2. The molecule has 2 fully saturated rings. The molecular formula is C34H39N3O4S. The number of aliphatic hydroxyl groups is 1. The van der Waals surface area contributed by atoms with Gasteiger partial charge < -0.3 is 9.84 Å². The number of hydrogen-bond acceptors (Lipinski definition) is 7. The minimum Gasteiger partial charge on any atom is -0.449 e. The molecule has 2 aromatic rings. The van der Waals surface area contributed by atoms with E-state index in [4.69, 9.17) is 9.84 Å². The van der Waals surface area contributed by atoms with Crippen LogP contribution in [-0.4, -0.2) is 43.4 Å². The van der Waals surface area contributed by atoms with Crippen molar-refractivity contribution in [2.75, 3.05) is 5.75 Å². The maximum atomic E-state index is 13.9. The normalized spacial score (nSPS) is 36.4. The first-order valence-electron chi connectivity index (χ1n) is 15.0. The largest absolute Gasteiger partial charge is 0.449 e. The van der Waals surface area contributed by atoms with Crippen molar-refractivity contribution in [2.45, 2.75) is 72.0 Å². The van der Waals surface area contributed by atoms with Crippen molar-refractivity contribution in [2.24, 2.45) is 34.5 Å². The average Bonchev–Trinajstić information content (AvgIpc) is 3.46. The van der Waals surface area contributed by atoms with Crippen molar-refractivity contribution in [3.8, 4) is 11.8 Å². The Morgan fingerprint density at radius 3 is 2.69 bits per heavy atom. The highest BCUT2D eigenvalue weighted by Gasteiger charge is 2.73. The molecule has 8 unspecified atom stereocenters. The van der Waals surface area contributed by atoms with E-state index >= 15 is 0 Å². The molecule has 1 heterocycles. The van der Waals surface area contributed by atoms with Crippen LogP contribution < -0.4 is 0 Å². The van der Waals surface area contributed by atoms with Gasteiger partial charge in [-0.25, -0.2) is 4.68 Å². The summed E-state index contributed by atoms with van der Waals surface area (Å²) in [5, 5.41) is 25.8. The van der Waals surface area contributed by atoms with Gasteiger partial charge in [0.2, 0.25) is 5.12 Å². The summed E-state index contributed by atoms with van der Waals surface area (Å²) in [6.07, 6.45) is 7.80. The van der Waals surface area contributed by atoms with Crippen LogP contribution in [0.3, 0.4) is 0 Å². The summed E-state index contributed by atoms with van der Waals surface area (Å²) in [6, 6.07) is 12.2. The molecule has 0 amide bonds. The summed E-state index contributed by atoms with van der Waals surface area (Å²) in [7, 11) is 0. The van der Waals surface area contributed by atoms with Gasteiger partial charge in [0.25, 0.3) is 0 Å². The number of rotatable bonds is 5. The predicted octanol–water partition coefficient (Wildman–Crippen LogP) is 5.91. The van der Waals surface area contributed by atoms with Gasteiger partial charge in [0.05, 0.1) is 35.5 Å². The number of benzene rings is 1. The topological polar surface area (TPSA) is 105 Å². The molecule has 8 heteroatoms. The summed E-state index contributed by atoms with van der Waals surface area (Å²) in [6.45, 7) is 10.2. The van der Waals surface area contributed by atoms with Gasteiger partial charge in [-0.1, -0.05) is 69.3 Å². The molecule has 0 aliphatic heterocycles. The number of aromatic nitrogens is 2. The van der Waals surface area contributed by atoms with Gasteiger partial charge in [0, 0.05) is 29.1 Å². The third kappa shape index (κ3) is 3.92. The number of carbonyl (C=O) groups excluding carboxylic acids is 2. The van der Waals surface area contributed by atoms with Crippen molar-refractivity contribution in [3.63, 3.8) is 0 Å². The summed E-state index contributed by atoms with van der Waals surface area (Å²) in [4.78, 5) is 26.8. The van der Waals surface area contributed by atoms with Gasteiger partial charge in [-0.05, 0) is 67.4 Å². The molecule has 2 saturated carbocycles. The Morgan fingerprint density at radius 2 is 2.00 bits per heavy atom. The average molecular weight is 586 g/mol. The Hall–Kier alpha value is -3.15. The Morgan fingerprint density at radius 1 is 1.26 bits per heavy atom. The number of para-hydroxylation sites is 1. The van der Waals surface area contributed by atoms with Gasteiger partial charge >= 0.3 is 5.97 Å². The van der Waals surface area contributed by atoms with E-state index in [1.54, 1.807) is 6.92 Å². The molecule has 1 N–H and O–H groups in total. The first kappa shape index (κ1) is 28.9. The van der Waals surface area contributed by atoms with Crippen molar-refractivity contribution in [3.05, 3.63) is 65.0 Å². The van der Waals surface area contributed by atoms with Crippen LogP contribution in [0.15, 0.2) is 53.8 Å². The van der Waals surface area contributed by atoms with E-state index in [0.29, 0.717) is 12.8 Å². The molecular weight excluding hydrogens is 546 g/mol. The summed E-state index contributed by atoms with van der Waals surface area (Å²) < 4.78 is 8.19. The molecule has 0 bridgehead atoms. The Balaban J connectivity index is 1.45. The summed E-state index contributed by atoms with van der Waals surface area (Å²) in [5.74, 6) is -0.701. The number of esters is 1. The van der Waals surface area contributed by atoms with E-state index in [0.717, 1.165) is 35.1 Å². The molecule has 1 aromatic carbocycles. The van der Waals surface area contributed by atoms with E-state index in [2.05, 4.69) is 44.2 Å². The zero-order valence-electron chi connectivity index (χ0n) is 25.0. The van der Waals surface area contributed by atoms with Crippen molar-refractivity contribution in [1.29, 1.82) is 5.26 Å². The van der Waals surface area contributed by atoms with Crippen LogP contribution >= 0.6 is 11.8 Å². The summed E-state index contributed by atoms with van der Waals surface area (Å²) >= 11 is 0.932. The number of aliphatic hydroxyl groups excluding tert-OH is 1. The number of nitriles is 1. The maximum Gasteiger partial charge on any atom is 0.306 e. The van der Waals surface area contributed by atoms with Gasteiger partial charge in [-0.2, -0.15) is 10.4 Å². The van der Waals surface area contributed by atoms with Crippen LogP contribution in [0.4, 0.5) is 0 Å². The standard InChI is InChI=1S/C34H39N3O4S/c1-6-29(39)41-34(31(40)42-13-12-35)21(3)15-26-24-14-20(2)25-16-27-22(19-36-37(27)23-10-8-7-9-11-23)17-32(25,4)30(24)28(38)18-33(26,34)5/h7-11,14,16,19,21,24,26,28,30,38H,6,13,15,17-18H2,1-5H3. The lowest BCUT2D eigenvalue weighted by atomic mass is 9.46. The third-order valence-electron chi connectivity index (χ3n) is 11.0. The fourth-order valence-electron chi connectivity index (χ4n) is 9.31. The molecule has 7 nitrogen and oxygen atoms in total. The zero-order chi connectivity index (χ0) is 30.0. The van der Waals surface area contributed by atoms with Crippen LogP contribution in [0.25, 0.3) is 11.8 Å². The van der Waals surface area contributed by atoms with Gasteiger partial charge in [0.15, 0.2) is 5.60 Å². The molecule has 4 aliphatic rings. The van der Waals surface area contributed by atoms with Crippen LogP contribution in [0, 0.1) is 45.8 Å². The Kier molecular flexibility index (Phi) is 7.06. The number of hydrogen-bond donors (Lipinski definition) is 1. The lowest BCUT2D eigenvalue weighted by Gasteiger charge is -2.59. The minimum atomic E-state index is -1.40. The van der Waals surface area contributed by atoms with Crippen LogP contribution in [0.1, 0.15) is 65.1 Å². The Labute approximate surface area is 252 Å². The number of allylic oxidation sites excluding steroid dienone is 3. The highest BCUT2D eigenvalue weighted by atomic mass is 32.2. The quantitative estimate of drug-likeness (QED) is 0.435. The second-order valence-corrected chi connectivity index (χ2v) is 14.1. The highest BCUT2D eigenvalue weighted by Crippen LogP contribution is 2.69. The molecule has 42 heavy (non-hydrogen) atoms. The molecule has 6 rings (SSSR count). The number of fused-ring (bicyclic) bond motifs is 6. The number of ether oxygens (including phenoxy) is 1. The van der Waals surface area contributed by atoms with Crippen LogP contribution in [0.2, 0.25) is 0 Å². The van der Waals surface area contributed by atoms with E-state index < -0.39 is 23.1 Å². The van der Waals surface area contributed by atoms with Gasteiger partial charge in [-0.15, -0.1) is 0 Å². The predicted molar refractivity (Wildman–Crippen MR) is 162 cm³/mol. The SMILES string of the molecule is CCC(=O)OC1(C(=O)SCC#N)C(C)CC2C3C=C(C)C4=Cc5c(cnn5-c5ccccc5)CC4(C)C3C(O)CC21C. The molecule has 8 atom stereocenters. The van der Waals surface area contributed by atoms with Crippen LogP contribution in [-0.2, 0) is 20.7 Å². The molecule has 0 spiro atoms. The number of nitrogens with zero attached hydrogens (tertiary/aromatic N) is 3. The maximum absolute atomic E-state index is 13.9.